The van der Waals surface area contributed by atoms with Crippen LogP contribution in [0.15, 0.2) is 0 Å². The Hall–Kier alpha value is -1.52. The molecular formula is C8H13N3O3. The maximum absolute atomic E-state index is 11.0. The number of nitrogens with two attached hydrogens (primary N) is 1. The van der Waals surface area contributed by atoms with E-state index < -0.39 is 12.0 Å². The highest BCUT2D eigenvalue weighted by molar-refractivity contribution is 6.25. The molecule has 6 heteroatoms. The lowest BCUT2D eigenvalue weighted by Crippen LogP contribution is -2.32. The number of hydrogen-bond donors (Lipinski definition) is 1. The SMILES string of the molecule is CCOC(=O)C(N)CCC(=O)C=[N+]=[N-]. The minimum atomic E-state index is -0.800. The predicted molar refractivity (Wildman–Crippen MR) is 48.5 cm³/mol. The monoisotopic (exact) mass is 199 g/mol. The third-order valence-electron chi connectivity index (χ3n) is 1.49. The molecule has 0 saturated carbocycles. The first kappa shape index (κ1) is 12.5. The van der Waals surface area contributed by atoms with E-state index in [0.29, 0.717) is 0 Å². The van der Waals surface area contributed by atoms with Crippen LogP contribution in [-0.2, 0) is 14.3 Å². The minimum absolute atomic E-state index is 0.0596. The second-order valence-corrected chi connectivity index (χ2v) is 2.61. The highest BCUT2D eigenvalue weighted by Gasteiger charge is 2.16. The van der Waals surface area contributed by atoms with E-state index in [-0.39, 0.29) is 25.2 Å². The van der Waals surface area contributed by atoms with Gasteiger partial charge in [-0.25, -0.2) is 0 Å². The second-order valence-electron chi connectivity index (χ2n) is 2.61. The number of hydrogen-bond acceptors (Lipinski definition) is 4. The molecule has 14 heavy (non-hydrogen) atoms. The fraction of sp³-hybridized carbons (Fsp3) is 0.625. The van der Waals surface area contributed by atoms with Crippen LogP contribution >= 0.6 is 0 Å². The first-order valence-electron chi connectivity index (χ1n) is 4.24. The van der Waals surface area contributed by atoms with Crippen LogP contribution in [0.1, 0.15) is 19.8 Å². The Morgan fingerprint density at radius 2 is 2.29 bits per heavy atom. The molecule has 0 amide bonds. The number of carbonyl (C=O) groups is 2. The summed E-state index contributed by atoms with van der Waals surface area (Å²) in [6.07, 6.45) is 1.02. The highest BCUT2D eigenvalue weighted by atomic mass is 16.5. The lowest BCUT2D eigenvalue weighted by atomic mass is 10.1. The number of Topliss-reactive ketones (excluding diaryl/α,β-unsaturated/α-hetero) is 1. The van der Waals surface area contributed by atoms with Crippen molar-refractivity contribution in [3.63, 3.8) is 0 Å². The van der Waals surface area contributed by atoms with Crippen molar-refractivity contribution < 1.29 is 19.1 Å². The van der Waals surface area contributed by atoms with Crippen molar-refractivity contribution in [3.05, 3.63) is 5.53 Å². The molecule has 0 aliphatic carbocycles. The summed E-state index contributed by atoms with van der Waals surface area (Å²) in [6, 6.07) is -0.800. The maximum atomic E-state index is 11.0. The van der Waals surface area contributed by atoms with E-state index in [0.717, 1.165) is 6.21 Å². The lowest BCUT2D eigenvalue weighted by molar-refractivity contribution is -0.144. The van der Waals surface area contributed by atoms with Crippen molar-refractivity contribution in [1.82, 2.24) is 0 Å². The van der Waals surface area contributed by atoms with Gasteiger partial charge in [0.05, 0.1) is 6.61 Å². The van der Waals surface area contributed by atoms with Gasteiger partial charge >= 0.3 is 12.2 Å². The molecule has 1 atom stereocenters. The van der Waals surface area contributed by atoms with Crippen LogP contribution in [0.5, 0.6) is 0 Å². The number of nitrogens with zero attached hydrogens (tertiary/aromatic N) is 2. The molecule has 78 valence electrons. The standard InChI is InChI=1S/C8H13N3O3/c1-2-14-8(13)7(9)4-3-6(12)5-11-10/h5,7H,2-4,9H2,1H3. The molecule has 0 aliphatic rings. The smallest absolute Gasteiger partial charge is 0.323 e. The quantitative estimate of drug-likeness (QED) is 0.270. The van der Waals surface area contributed by atoms with Crippen molar-refractivity contribution in [3.8, 4) is 0 Å². The first-order chi connectivity index (χ1) is 6.61. The van der Waals surface area contributed by atoms with E-state index in [1.165, 1.54) is 0 Å². The van der Waals surface area contributed by atoms with Crippen LogP contribution in [0.25, 0.3) is 5.53 Å². The molecule has 0 rings (SSSR count). The number of rotatable bonds is 6. The maximum Gasteiger partial charge on any atom is 0.323 e. The fourth-order valence-corrected chi connectivity index (χ4v) is 0.794. The van der Waals surface area contributed by atoms with Crippen LogP contribution < -0.4 is 5.73 Å². The summed E-state index contributed by atoms with van der Waals surface area (Å²) < 4.78 is 4.64. The van der Waals surface area contributed by atoms with Gasteiger partial charge in [0.1, 0.15) is 6.04 Å². The molecule has 0 aromatic rings. The van der Waals surface area contributed by atoms with Crippen molar-refractivity contribution in [2.75, 3.05) is 6.61 Å². The first-order valence-corrected chi connectivity index (χ1v) is 4.24. The summed E-state index contributed by atoms with van der Waals surface area (Å²) in [4.78, 5) is 24.3. The molecule has 6 nitrogen and oxygen atoms in total. The molecule has 0 saturated heterocycles. The van der Waals surface area contributed by atoms with Crippen LogP contribution in [0.3, 0.4) is 0 Å². The zero-order valence-electron chi connectivity index (χ0n) is 7.97. The fourth-order valence-electron chi connectivity index (χ4n) is 0.794. The zero-order valence-corrected chi connectivity index (χ0v) is 7.97. The normalized spacial score (nSPS) is 11.3. The van der Waals surface area contributed by atoms with Gasteiger partial charge in [-0.3, -0.25) is 9.59 Å². The van der Waals surface area contributed by atoms with Gasteiger partial charge in [0, 0.05) is 6.42 Å². The van der Waals surface area contributed by atoms with Crippen LogP contribution in [0.2, 0.25) is 0 Å². The Labute approximate surface area is 81.7 Å². The largest absolute Gasteiger partial charge is 0.465 e. The highest BCUT2D eigenvalue weighted by Crippen LogP contribution is 1.97. The molecule has 0 aliphatic heterocycles. The van der Waals surface area contributed by atoms with Gasteiger partial charge in [0.2, 0.25) is 5.78 Å². The molecule has 0 radical (unpaired) electrons. The molecule has 0 bridgehead atoms. The second kappa shape index (κ2) is 6.94. The minimum Gasteiger partial charge on any atom is -0.465 e. The molecule has 0 spiro atoms. The number of ether oxygens (including phenoxy) is 1. The van der Waals surface area contributed by atoms with E-state index in [1.807, 2.05) is 0 Å². The Balaban J connectivity index is 3.83. The molecule has 0 aromatic carbocycles. The summed E-state index contributed by atoms with van der Waals surface area (Å²) in [5.74, 6) is -0.909. The Morgan fingerprint density at radius 1 is 1.64 bits per heavy atom. The lowest BCUT2D eigenvalue weighted by Gasteiger charge is -2.07. The van der Waals surface area contributed by atoms with E-state index >= 15 is 0 Å². The van der Waals surface area contributed by atoms with Gasteiger partial charge in [0.25, 0.3) is 0 Å². The van der Waals surface area contributed by atoms with Crippen molar-refractivity contribution in [1.29, 1.82) is 0 Å². The molecule has 0 fully saturated rings. The van der Waals surface area contributed by atoms with Gasteiger partial charge < -0.3 is 16.0 Å². The summed E-state index contributed by atoms with van der Waals surface area (Å²) in [7, 11) is 0. The Kier molecular flexibility index (Phi) is 6.19. The molecule has 1 unspecified atom stereocenters. The molecule has 2 N–H and O–H groups in total. The van der Waals surface area contributed by atoms with Crippen molar-refractivity contribution in [2.45, 2.75) is 25.8 Å². The average Bonchev–Trinajstić information content (AvgIpc) is 2.15. The molecule has 0 aromatic heterocycles. The van der Waals surface area contributed by atoms with Gasteiger partial charge in [0.15, 0.2) is 0 Å². The number of esters is 1. The van der Waals surface area contributed by atoms with Crippen LogP contribution in [0.4, 0.5) is 0 Å². The summed E-state index contributed by atoms with van der Waals surface area (Å²) in [6.45, 7) is 1.94. The topological polar surface area (TPSA) is 106 Å². The van der Waals surface area contributed by atoms with E-state index in [9.17, 15) is 9.59 Å². The van der Waals surface area contributed by atoms with Gasteiger partial charge in [-0.05, 0) is 13.3 Å². The van der Waals surface area contributed by atoms with E-state index in [4.69, 9.17) is 11.3 Å². The third-order valence-corrected chi connectivity index (χ3v) is 1.49. The van der Waals surface area contributed by atoms with Gasteiger partial charge in [-0.15, -0.1) is 0 Å². The van der Waals surface area contributed by atoms with Gasteiger partial charge in [-0.1, -0.05) is 0 Å². The van der Waals surface area contributed by atoms with Crippen LogP contribution in [0, 0.1) is 0 Å². The van der Waals surface area contributed by atoms with Crippen molar-refractivity contribution >= 4 is 18.0 Å². The van der Waals surface area contributed by atoms with Gasteiger partial charge in [-0.2, -0.15) is 4.79 Å². The molecule has 0 heterocycles. The Bertz CT molecular complexity index is 259. The summed E-state index contributed by atoms with van der Waals surface area (Å²) in [5.41, 5.74) is 13.4. The van der Waals surface area contributed by atoms with E-state index in [2.05, 4.69) is 9.53 Å². The van der Waals surface area contributed by atoms with Crippen LogP contribution in [-0.4, -0.2) is 35.4 Å². The Morgan fingerprint density at radius 3 is 2.79 bits per heavy atom. The summed E-state index contributed by atoms with van der Waals surface area (Å²) in [5, 5.41) is 0. The summed E-state index contributed by atoms with van der Waals surface area (Å²) >= 11 is 0. The number of ketones is 1. The average molecular weight is 199 g/mol. The third kappa shape index (κ3) is 5.18. The zero-order chi connectivity index (χ0) is 11.0. The predicted octanol–water partition coefficient (Wildman–Crippen LogP) is -0.473. The van der Waals surface area contributed by atoms with Crippen molar-refractivity contribution in [2.24, 2.45) is 5.73 Å². The van der Waals surface area contributed by atoms with E-state index in [1.54, 1.807) is 6.92 Å². The number of carbonyl (C=O) groups excluding carboxylic acids is 2. The molecular weight excluding hydrogens is 186 g/mol.